The molecule has 4 aromatic carbocycles. The van der Waals surface area contributed by atoms with Crippen LogP contribution in [0.1, 0.15) is 56.8 Å². The van der Waals surface area contributed by atoms with Crippen molar-refractivity contribution in [2.75, 3.05) is 19.7 Å². The van der Waals surface area contributed by atoms with Crippen LogP contribution in [0.5, 0.6) is 0 Å². The summed E-state index contributed by atoms with van der Waals surface area (Å²) in [5.74, 6) is -0.268. The third kappa shape index (κ3) is 7.03. The molecular weight excluding hydrogens is 561 g/mol. The number of amides is 2. The number of nitrogens with zero attached hydrogens (tertiary/aromatic N) is 1. The monoisotopic (exact) mass is 604 g/mol. The second kappa shape index (κ2) is 14.2. The predicted molar refractivity (Wildman–Crippen MR) is 182 cm³/mol. The lowest BCUT2D eigenvalue weighted by molar-refractivity contribution is -0.134. The fourth-order valence-electron chi connectivity index (χ4n) is 6.37. The highest BCUT2D eigenvalue weighted by molar-refractivity contribution is 6.99. The number of rotatable bonds is 10. The van der Waals surface area contributed by atoms with Crippen molar-refractivity contribution in [3.63, 3.8) is 0 Å². The Bertz CT molecular complexity index is 1460. The maximum absolute atomic E-state index is 13.9. The van der Waals surface area contributed by atoms with Crippen LogP contribution in [0.25, 0.3) is 11.1 Å². The van der Waals surface area contributed by atoms with Gasteiger partial charge in [0.1, 0.15) is 6.04 Å². The molecule has 5 rings (SSSR count). The number of benzene rings is 4. The molecule has 0 radical (unpaired) electrons. The number of hydrogen-bond donors (Lipinski definition) is 1. The van der Waals surface area contributed by atoms with E-state index < -0.39 is 14.4 Å². The Morgan fingerprint density at radius 3 is 1.75 bits per heavy atom. The molecule has 2 amide bonds. The molecule has 228 valence electrons. The molecule has 4 aromatic rings. The lowest BCUT2D eigenvalue weighted by Crippen LogP contribution is -2.66. The van der Waals surface area contributed by atoms with Gasteiger partial charge in [0.2, 0.25) is 5.91 Å². The molecule has 0 unspecified atom stereocenters. The number of carbonyl (C=O) groups is 2. The van der Waals surface area contributed by atoms with Gasteiger partial charge in [-0.1, -0.05) is 124 Å². The van der Waals surface area contributed by atoms with E-state index in [-0.39, 0.29) is 16.9 Å². The molecule has 44 heavy (non-hydrogen) atoms. The molecule has 1 aliphatic rings. The molecule has 1 saturated heterocycles. The van der Waals surface area contributed by atoms with Crippen molar-refractivity contribution in [2.45, 2.75) is 57.5 Å². The summed E-state index contributed by atoms with van der Waals surface area (Å²) in [4.78, 5) is 29.3. The number of hydrogen-bond acceptors (Lipinski definition) is 3. The first-order valence-electron chi connectivity index (χ1n) is 15.8. The van der Waals surface area contributed by atoms with Crippen LogP contribution in [-0.4, -0.2) is 50.8 Å². The van der Waals surface area contributed by atoms with Gasteiger partial charge in [-0.25, -0.2) is 0 Å². The summed E-state index contributed by atoms with van der Waals surface area (Å²) in [5.41, 5.74) is 2.67. The van der Waals surface area contributed by atoms with Crippen molar-refractivity contribution in [3.05, 3.63) is 121 Å². The van der Waals surface area contributed by atoms with Crippen LogP contribution in [0.15, 0.2) is 115 Å². The van der Waals surface area contributed by atoms with Gasteiger partial charge in [0, 0.05) is 25.3 Å². The highest BCUT2D eigenvalue weighted by Gasteiger charge is 2.50. The van der Waals surface area contributed by atoms with E-state index in [9.17, 15) is 9.59 Å². The molecule has 1 fully saturated rings. The van der Waals surface area contributed by atoms with Gasteiger partial charge < -0.3 is 14.6 Å². The highest BCUT2D eigenvalue weighted by atomic mass is 28.4. The van der Waals surface area contributed by atoms with Gasteiger partial charge in [-0.3, -0.25) is 9.59 Å². The number of piperidine rings is 1. The van der Waals surface area contributed by atoms with Gasteiger partial charge in [0.15, 0.2) is 0 Å². The average Bonchev–Trinajstić information content (AvgIpc) is 3.07. The second-order valence-electron chi connectivity index (χ2n) is 12.7. The summed E-state index contributed by atoms with van der Waals surface area (Å²) in [6.45, 7) is 8.55. The van der Waals surface area contributed by atoms with Crippen LogP contribution in [0.4, 0.5) is 0 Å². The van der Waals surface area contributed by atoms with Gasteiger partial charge in [0.25, 0.3) is 14.2 Å². The summed E-state index contributed by atoms with van der Waals surface area (Å²) in [7, 11) is -2.77. The van der Waals surface area contributed by atoms with Crippen LogP contribution in [-0.2, 0) is 9.22 Å². The van der Waals surface area contributed by atoms with E-state index in [0.717, 1.165) is 43.5 Å². The Labute approximate surface area is 263 Å². The lowest BCUT2D eigenvalue weighted by atomic mass is 10.0. The standard InChI is InChI=1S/C38H44N2O3Si/c1-38(2,3)44(33-18-10-5-11-19-33,34-20-12-6-13-21-34)43-29-26-35(37(42)40-27-14-7-15-28-40)39-36(41)32-24-22-31(23-25-32)30-16-8-4-9-17-30/h4-6,8-13,16-25,35H,7,14-15,26-29H2,1-3H3,(H,39,41)/t35-/m0/s1. The minimum Gasteiger partial charge on any atom is -0.407 e. The van der Waals surface area contributed by atoms with Crippen molar-refractivity contribution < 1.29 is 14.0 Å². The third-order valence-electron chi connectivity index (χ3n) is 8.67. The Morgan fingerprint density at radius 2 is 1.23 bits per heavy atom. The minimum absolute atomic E-state index is 0.0231. The summed E-state index contributed by atoms with van der Waals surface area (Å²) in [6, 6.07) is 38.0. The second-order valence-corrected chi connectivity index (χ2v) is 17.0. The number of carbonyl (C=O) groups excluding carboxylic acids is 2. The topological polar surface area (TPSA) is 58.6 Å². The van der Waals surface area contributed by atoms with Crippen molar-refractivity contribution in [2.24, 2.45) is 0 Å². The van der Waals surface area contributed by atoms with Crippen LogP contribution in [0.3, 0.4) is 0 Å². The van der Waals surface area contributed by atoms with Crippen LogP contribution in [0.2, 0.25) is 5.04 Å². The molecule has 5 nitrogen and oxygen atoms in total. The van der Waals surface area contributed by atoms with Crippen molar-refractivity contribution in [1.29, 1.82) is 0 Å². The zero-order chi connectivity index (χ0) is 31.0. The van der Waals surface area contributed by atoms with E-state index in [0.29, 0.717) is 18.6 Å². The molecule has 1 heterocycles. The summed E-state index contributed by atoms with van der Waals surface area (Å²) in [6.07, 6.45) is 3.51. The molecule has 0 aromatic heterocycles. The van der Waals surface area contributed by atoms with E-state index in [2.05, 4.69) is 74.6 Å². The molecule has 1 N–H and O–H groups in total. The zero-order valence-corrected chi connectivity index (χ0v) is 27.2. The summed E-state index contributed by atoms with van der Waals surface area (Å²) >= 11 is 0. The number of nitrogens with one attached hydrogen (secondary N) is 1. The van der Waals surface area contributed by atoms with Gasteiger partial charge >= 0.3 is 0 Å². The maximum Gasteiger partial charge on any atom is 0.261 e. The normalized spacial score (nSPS) is 14.6. The Hall–Kier alpha value is -4.00. The quantitative estimate of drug-likeness (QED) is 0.212. The van der Waals surface area contributed by atoms with Crippen molar-refractivity contribution in [3.8, 4) is 11.1 Å². The molecule has 0 aliphatic carbocycles. The third-order valence-corrected chi connectivity index (χ3v) is 13.7. The van der Waals surface area contributed by atoms with E-state index in [1.807, 2.05) is 71.6 Å². The van der Waals surface area contributed by atoms with E-state index in [4.69, 9.17) is 4.43 Å². The first-order valence-corrected chi connectivity index (χ1v) is 17.7. The van der Waals surface area contributed by atoms with Crippen LogP contribution in [0, 0.1) is 0 Å². The molecule has 1 aliphatic heterocycles. The summed E-state index contributed by atoms with van der Waals surface area (Å²) in [5, 5.41) is 5.31. The van der Waals surface area contributed by atoms with Crippen LogP contribution >= 0.6 is 0 Å². The maximum atomic E-state index is 13.9. The number of likely N-dealkylation sites (tertiary alicyclic amines) is 1. The zero-order valence-electron chi connectivity index (χ0n) is 26.2. The smallest absolute Gasteiger partial charge is 0.261 e. The van der Waals surface area contributed by atoms with E-state index >= 15 is 0 Å². The molecule has 0 bridgehead atoms. The van der Waals surface area contributed by atoms with Gasteiger partial charge in [0.05, 0.1) is 0 Å². The first-order chi connectivity index (χ1) is 21.3. The Balaban J connectivity index is 1.39. The molecule has 1 atom stereocenters. The van der Waals surface area contributed by atoms with Crippen molar-refractivity contribution >= 4 is 30.5 Å². The van der Waals surface area contributed by atoms with E-state index in [1.54, 1.807) is 0 Å². The molecule has 0 saturated carbocycles. The van der Waals surface area contributed by atoms with Crippen LogP contribution < -0.4 is 15.7 Å². The molecule has 0 spiro atoms. The Morgan fingerprint density at radius 1 is 0.727 bits per heavy atom. The summed E-state index contributed by atoms with van der Waals surface area (Å²) < 4.78 is 7.10. The minimum atomic E-state index is -2.77. The molecule has 6 heteroatoms. The van der Waals surface area contributed by atoms with Gasteiger partial charge in [-0.2, -0.15) is 0 Å². The Kier molecular flexibility index (Phi) is 10.1. The van der Waals surface area contributed by atoms with Gasteiger partial charge in [-0.15, -0.1) is 0 Å². The fourth-order valence-corrected chi connectivity index (χ4v) is 10.9. The first kappa shape index (κ1) is 31.4. The van der Waals surface area contributed by atoms with Gasteiger partial charge in [-0.05, 0) is 64.4 Å². The highest BCUT2D eigenvalue weighted by Crippen LogP contribution is 2.37. The average molecular weight is 605 g/mol. The van der Waals surface area contributed by atoms with Crippen molar-refractivity contribution in [1.82, 2.24) is 10.2 Å². The lowest BCUT2D eigenvalue weighted by Gasteiger charge is -2.43. The molecular formula is C38H44N2O3Si. The predicted octanol–water partition coefficient (Wildman–Crippen LogP) is 6.43. The fraction of sp³-hybridized carbons (Fsp3) is 0.316. The SMILES string of the molecule is CC(C)(C)[Si](OCC[C@H](NC(=O)c1ccc(-c2ccccc2)cc1)C(=O)N1CCCCC1)(c1ccccc1)c1ccccc1. The van der Waals surface area contributed by atoms with E-state index in [1.165, 1.54) is 10.4 Å². The largest absolute Gasteiger partial charge is 0.407 e.